The number of nitrogens with zero attached hydrogens (tertiary/aromatic N) is 3. The molecule has 3 heterocycles. The van der Waals surface area contributed by atoms with Gasteiger partial charge in [0.15, 0.2) is 5.82 Å². The van der Waals surface area contributed by atoms with Gasteiger partial charge in [-0.05, 0) is 69.7 Å². The monoisotopic (exact) mass is 526 g/mol. The molecule has 1 saturated heterocycles. The van der Waals surface area contributed by atoms with E-state index in [9.17, 15) is 14.0 Å². The van der Waals surface area contributed by atoms with Crippen molar-refractivity contribution in [1.82, 2.24) is 14.9 Å². The number of methoxy groups -OCH3 is 1. The van der Waals surface area contributed by atoms with Gasteiger partial charge in [-0.2, -0.15) is 5.10 Å². The van der Waals surface area contributed by atoms with Crippen molar-refractivity contribution in [1.29, 1.82) is 0 Å². The smallest absolute Gasteiger partial charge is 0.308 e. The molecule has 1 aromatic carbocycles. The maximum absolute atomic E-state index is 16.1. The molecule has 2 aliphatic rings. The van der Waals surface area contributed by atoms with Crippen LogP contribution in [-0.4, -0.2) is 47.8 Å². The summed E-state index contributed by atoms with van der Waals surface area (Å²) in [6.07, 6.45) is 7.09. The highest BCUT2D eigenvalue weighted by Crippen LogP contribution is 2.41. The molecule has 1 atom stereocenters. The quantitative estimate of drug-likeness (QED) is 0.445. The van der Waals surface area contributed by atoms with Gasteiger partial charge in [-0.25, -0.2) is 13.3 Å². The van der Waals surface area contributed by atoms with Crippen molar-refractivity contribution in [2.75, 3.05) is 25.2 Å². The molecule has 0 radical (unpaired) electrons. The third-order valence-electron chi connectivity index (χ3n) is 7.64. The average molecular weight is 527 g/mol. The number of ether oxygens (including phenoxy) is 2. The minimum atomic E-state index is -0.552. The number of aromatic nitrogens is 2. The first kappa shape index (κ1) is 25.9. The zero-order chi connectivity index (χ0) is 26.8. The molecule has 0 unspecified atom stereocenters. The molecular weight excluding hydrogens is 494 g/mol. The Morgan fingerprint density at radius 3 is 2.66 bits per heavy atom. The summed E-state index contributed by atoms with van der Waals surface area (Å²) in [5.41, 5.74) is 1.23. The number of benzene rings is 1. The Labute approximate surface area is 219 Å². The lowest BCUT2D eigenvalue weighted by molar-refractivity contribution is -0.149. The molecule has 1 aliphatic carbocycles. The predicted molar refractivity (Wildman–Crippen MR) is 137 cm³/mol. The second kappa shape index (κ2) is 11.0. The van der Waals surface area contributed by atoms with Crippen LogP contribution in [0.15, 0.2) is 36.7 Å². The number of esters is 1. The third kappa shape index (κ3) is 4.91. The molecule has 0 bridgehead atoms. The summed E-state index contributed by atoms with van der Waals surface area (Å²) in [6, 6.07) is 5.62. The lowest BCUT2D eigenvalue weighted by Gasteiger charge is -2.29. The van der Waals surface area contributed by atoms with Gasteiger partial charge in [-0.15, -0.1) is 0 Å². The number of carbonyl (C=O) groups excluding carboxylic acids is 2. The lowest BCUT2D eigenvalue weighted by Crippen LogP contribution is -2.39. The Morgan fingerprint density at radius 1 is 1.13 bits per heavy atom. The maximum atomic E-state index is 16.1. The van der Waals surface area contributed by atoms with Crippen LogP contribution in [0, 0.1) is 17.6 Å². The summed E-state index contributed by atoms with van der Waals surface area (Å²) < 4.78 is 42.1. The van der Waals surface area contributed by atoms with Crippen molar-refractivity contribution in [2.24, 2.45) is 5.92 Å². The molecule has 1 saturated carbocycles. The molecule has 1 amide bonds. The van der Waals surface area contributed by atoms with E-state index in [4.69, 9.17) is 9.47 Å². The summed E-state index contributed by atoms with van der Waals surface area (Å²) in [5.74, 6) is -1.12. The van der Waals surface area contributed by atoms with Crippen LogP contribution >= 0.6 is 0 Å². The second-order valence-corrected chi connectivity index (χ2v) is 9.88. The molecule has 5 rings (SSSR count). The fourth-order valence-electron chi connectivity index (χ4n) is 5.76. The van der Waals surface area contributed by atoms with Crippen LogP contribution in [0.25, 0.3) is 5.52 Å². The van der Waals surface area contributed by atoms with E-state index in [-0.39, 0.29) is 40.9 Å². The molecule has 8 nitrogen and oxygen atoms in total. The number of halogens is 2. The number of pyridine rings is 1. The minimum absolute atomic E-state index is 0.0945. The highest BCUT2D eigenvalue weighted by Gasteiger charge is 2.33. The number of amides is 1. The first-order valence-corrected chi connectivity index (χ1v) is 13.1. The summed E-state index contributed by atoms with van der Waals surface area (Å²) in [6.45, 7) is 2.72. The van der Waals surface area contributed by atoms with E-state index in [1.54, 1.807) is 25.3 Å². The number of rotatable bonds is 7. The van der Waals surface area contributed by atoms with E-state index in [2.05, 4.69) is 10.4 Å². The van der Waals surface area contributed by atoms with E-state index < -0.39 is 11.7 Å². The Bertz CT molecular complexity index is 1340. The second-order valence-electron chi connectivity index (χ2n) is 9.88. The van der Waals surface area contributed by atoms with E-state index >= 15 is 4.39 Å². The number of hydrogen-bond acceptors (Lipinski definition) is 6. The normalized spacial score (nSPS) is 21.5. The van der Waals surface area contributed by atoms with Gasteiger partial charge in [0.05, 0.1) is 43.1 Å². The molecule has 1 N–H and O–H groups in total. The van der Waals surface area contributed by atoms with E-state index in [0.717, 1.165) is 6.42 Å². The van der Waals surface area contributed by atoms with Crippen LogP contribution in [0.5, 0.6) is 5.75 Å². The summed E-state index contributed by atoms with van der Waals surface area (Å²) >= 11 is 0. The van der Waals surface area contributed by atoms with Gasteiger partial charge in [0, 0.05) is 24.3 Å². The summed E-state index contributed by atoms with van der Waals surface area (Å²) in [5, 5.41) is 7.19. The van der Waals surface area contributed by atoms with Crippen molar-refractivity contribution in [3.8, 4) is 5.75 Å². The minimum Gasteiger partial charge on any atom is -0.496 e. The van der Waals surface area contributed by atoms with Crippen LogP contribution in [0.3, 0.4) is 0 Å². The number of nitrogens with one attached hydrogen (secondary N) is 1. The number of carbonyl (C=O) groups is 2. The number of hydrogen-bond donors (Lipinski definition) is 1. The van der Waals surface area contributed by atoms with Gasteiger partial charge in [0.1, 0.15) is 17.1 Å². The van der Waals surface area contributed by atoms with Crippen molar-refractivity contribution in [3.05, 3.63) is 59.4 Å². The van der Waals surface area contributed by atoms with Crippen LogP contribution in [-0.2, 0) is 9.53 Å². The third-order valence-corrected chi connectivity index (χ3v) is 7.64. The van der Waals surface area contributed by atoms with Crippen LogP contribution in [0.1, 0.15) is 67.4 Å². The van der Waals surface area contributed by atoms with Gasteiger partial charge in [0.25, 0.3) is 5.91 Å². The number of anilines is 1. The van der Waals surface area contributed by atoms with Gasteiger partial charge >= 0.3 is 5.97 Å². The first-order chi connectivity index (χ1) is 18.4. The van der Waals surface area contributed by atoms with Crippen molar-refractivity contribution >= 4 is 23.1 Å². The predicted octanol–water partition coefficient (Wildman–Crippen LogP) is 4.81. The highest BCUT2D eigenvalue weighted by molar-refractivity contribution is 6.01. The SMILES string of the molecule is CCOC(=O)C1CCC(NC(=O)c2cnn3ccc(N4CCC[C@@H]4c4cc(F)ccc4OC)c(F)c23)CC1. The van der Waals surface area contributed by atoms with Gasteiger partial charge < -0.3 is 19.7 Å². The molecule has 38 heavy (non-hydrogen) atoms. The van der Waals surface area contributed by atoms with Gasteiger partial charge in [0.2, 0.25) is 0 Å². The van der Waals surface area contributed by atoms with E-state index in [1.165, 1.54) is 30.0 Å². The highest BCUT2D eigenvalue weighted by atomic mass is 19.1. The summed E-state index contributed by atoms with van der Waals surface area (Å²) in [4.78, 5) is 27.1. The molecule has 1 aliphatic heterocycles. The van der Waals surface area contributed by atoms with E-state index in [0.29, 0.717) is 62.3 Å². The average Bonchev–Trinajstić information content (AvgIpc) is 3.57. The molecule has 2 aromatic heterocycles. The van der Waals surface area contributed by atoms with Crippen LogP contribution in [0.2, 0.25) is 0 Å². The Morgan fingerprint density at radius 2 is 1.92 bits per heavy atom. The maximum Gasteiger partial charge on any atom is 0.308 e. The molecule has 0 spiro atoms. The van der Waals surface area contributed by atoms with Gasteiger partial charge in [-0.3, -0.25) is 9.59 Å². The standard InChI is InChI=1S/C28H32F2N4O4/c1-3-38-28(36)17-6-9-19(10-7-17)32-27(35)21-16-31-34-14-12-23(25(30)26(21)34)33-13-4-5-22(33)20-15-18(29)8-11-24(20)37-2/h8,11-12,14-17,19,22H,3-7,9-10,13H2,1-2H3,(H,32,35)/t17?,19?,22-/m1/s1. The molecule has 10 heteroatoms. The molecule has 2 fully saturated rings. The Balaban J connectivity index is 1.37. The fraction of sp³-hybridized carbons (Fsp3) is 0.464. The molecule has 202 valence electrons. The molecular formula is C28H32F2N4O4. The van der Waals surface area contributed by atoms with Crippen LogP contribution in [0.4, 0.5) is 14.5 Å². The van der Waals surface area contributed by atoms with Crippen LogP contribution < -0.4 is 15.0 Å². The lowest BCUT2D eigenvalue weighted by atomic mass is 9.86. The topological polar surface area (TPSA) is 85.2 Å². The van der Waals surface area contributed by atoms with Gasteiger partial charge in [-0.1, -0.05) is 0 Å². The fourth-order valence-corrected chi connectivity index (χ4v) is 5.76. The zero-order valence-electron chi connectivity index (χ0n) is 21.6. The summed E-state index contributed by atoms with van der Waals surface area (Å²) in [7, 11) is 1.53. The number of fused-ring (bicyclic) bond motifs is 1. The Kier molecular flexibility index (Phi) is 7.49. The Hall–Kier alpha value is -3.69. The van der Waals surface area contributed by atoms with Crippen molar-refractivity contribution < 1.29 is 27.8 Å². The van der Waals surface area contributed by atoms with Crippen molar-refractivity contribution in [3.63, 3.8) is 0 Å². The molecule has 3 aromatic rings. The van der Waals surface area contributed by atoms with Crippen molar-refractivity contribution in [2.45, 2.75) is 57.5 Å². The zero-order valence-corrected chi connectivity index (χ0v) is 21.6. The van der Waals surface area contributed by atoms with E-state index in [1.807, 2.05) is 4.90 Å². The first-order valence-electron chi connectivity index (χ1n) is 13.1. The largest absolute Gasteiger partial charge is 0.496 e.